The molecule has 0 aliphatic carbocycles. The molecule has 1 unspecified atom stereocenters. The van der Waals surface area contributed by atoms with E-state index in [4.69, 9.17) is 0 Å². The maximum atomic E-state index is 13.1. The lowest BCUT2D eigenvalue weighted by molar-refractivity contribution is -0.113. The molecule has 2 aromatic rings. The van der Waals surface area contributed by atoms with Gasteiger partial charge in [0, 0.05) is 22.9 Å². The average Bonchev–Trinajstić information content (AvgIpc) is 2.62. The summed E-state index contributed by atoms with van der Waals surface area (Å²) in [5.74, 6) is -0.225. The van der Waals surface area contributed by atoms with E-state index in [1.54, 1.807) is 14.0 Å². The van der Waals surface area contributed by atoms with E-state index in [0.29, 0.717) is 11.3 Å². The Bertz CT molecular complexity index is 890. The van der Waals surface area contributed by atoms with Gasteiger partial charge in [-0.3, -0.25) is 4.79 Å². The third-order valence-electron chi connectivity index (χ3n) is 4.60. The van der Waals surface area contributed by atoms with E-state index in [-0.39, 0.29) is 11.9 Å². The first kappa shape index (κ1) is 18.2. The molecule has 2 aromatic carbocycles. The van der Waals surface area contributed by atoms with Gasteiger partial charge in [-0.25, -0.2) is 4.79 Å². The summed E-state index contributed by atoms with van der Waals surface area (Å²) < 4.78 is 0.937. The third-order valence-corrected chi connectivity index (χ3v) is 5.12. The van der Waals surface area contributed by atoms with Crippen LogP contribution in [-0.4, -0.2) is 23.9 Å². The summed E-state index contributed by atoms with van der Waals surface area (Å²) in [6, 6.07) is 14.5. The maximum Gasteiger partial charge on any atom is 0.322 e. The van der Waals surface area contributed by atoms with Crippen LogP contribution >= 0.6 is 15.9 Å². The number of carbonyl (C=O) groups excluding carboxylic acids is 2. The number of anilines is 1. The van der Waals surface area contributed by atoms with Gasteiger partial charge in [-0.1, -0.05) is 46.3 Å². The zero-order chi connectivity index (χ0) is 18.8. The van der Waals surface area contributed by atoms with Crippen molar-refractivity contribution in [3.63, 3.8) is 0 Å². The van der Waals surface area contributed by atoms with Gasteiger partial charge < -0.3 is 15.5 Å². The first-order chi connectivity index (χ1) is 12.4. The van der Waals surface area contributed by atoms with Crippen LogP contribution in [0.15, 0.2) is 64.3 Å². The van der Waals surface area contributed by atoms with Crippen LogP contribution in [0.25, 0.3) is 0 Å². The zero-order valence-electron chi connectivity index (χ0n) is 14.8. The first-order valence-electron chi connectivity index (χ1n) is 8.26. The Kier molecular flexibility index (Phi) is 5.13. The molecule has 0 aromatic heterocycles. The van der Waals surface area contributed by atoms with E-state index in [9.17, 15) is 9.59 Å². The van der Waals surface area contributed by atoms with E-state index in [0.717, 1.165) is 21.3 Å². The highest BCUT2D eigenvalue weighted by molar-refractivity contribution is 9.10. The van der Waals surface area contributed by atoms with Crippen LogP contribution in [0, 0.1) is 6.92 Å². The number of rotatable bonds is 3. The second-order valence-corrected chi connectivity index (χ2v) is 7.18. The molecule has 0 radical (unpaired) electrons. The van der Waals surface area contributed by atoms with Gasteiger partial charge in [-0.15, -0.1) is 0 Å². The van der Waals surface area contributed by atoms with Gasteiger partial charge in [0.1, 0.15) is 0 Å². The largest absolute Gasteiger partial charge is 0.327 e. The standard InChI is InChI=1S/C20H20BrN3O2/c1-12-6-4-5-7-16(12)22-19(25)17-13(2)24(3)20(26)23-18(17)14-8-10-15(21)11-9-14/h4-11,18H,1-3H3,(H,22,25)(H,23,26). The minimum Gasteiger partial charge on any atom is -0.327 e. The fourth-order valence-electron chi connectivity index (χ4n) is 2.94. The van der Waals surface area contributed by atoms with Gasteiger partial charge in [0.15, 0.2) is 0 Å². The highest BCUT2D eigenvalue weighted by atomic mass is 79.9. The number of nitrogens with one attached hydrogen (secondary N) is 2. The summed E-state index contributed by atoms with van der Waals surface area (Å²) in [7, 11) is 1.66. The average molecular weight is 414 g/mol. The van der Waals surface area contributed by atoms with Gasteiger partial charge in [0.05, 0.1) is 11.6 Å². The number of hydrogen-bond acceptors (Lipinski definition) is 2. The normalized spacial score (nSPS) is 17.2. The molecule has 2 N–H and O–H groups in total. The molecule has 0 saturated heterocycles. The third kappa shape index (κ3) is 3.51. The van der Waals surface area contributed by atoms with Crippen LogP contribution in [0.1, 0.15) is 24.1 Å². The summed E-state index contributed by atoms with van der Waals surface area (Å²) in [6.07, 6.45) is 0. The Hall–Kier alpha value is -2.60. The molecule has 1 aliphatic heterocycles. The second-order valence-electron chi connectivity index (χ2n) is 6.26. The van der Waals surface area contributed by atoms with Crippen LogP contribution in [-0.2, 0) is 4.79 Å². The molecule has 1 heterocycles. The van der Waals surface area contributed by atoms with Crippen LogP contribution < -0.4 is 10.6 Å². The lowest BCUT2D eigenvalue weighted by atomic mass is 9.94. The summed E-state index contributed by atoms with van der Waals surface area (Å²) >= 11 is 3.41. The number of aryl methyl sites for hydroxylation is 1. The number of amides is 3. The number of hydrogen-bond donors (Lipinski definition) is 2. The number of para-hydroxylation sites is 1. The van der Waals surface area contributed by atoms with Crippen molar-refractivity contribution in [3.05, 3.63) is 75.4 Å². The van der Waals surface area contributed by atoms with E-state index >= 15 is 0 Å². The van der Waals surface area contributed by atoms with Gasteiger partial charge in [0.2, 0.25) is 0 Å². The monoisotopic (exact) mass is 413 g/mol. The van der Waals surface area contributed by atoms with E-state index in [1.807, 2.05) is 55.5 Å². The number of nitrogens with zero attached hydrogens (tertiary/aromatic N) is 1. The molecule has 6 heteroatoms. The molecule has 134 valence electrons. The summed E-state index contributed by atoms with van der Waals surface area (Å²) in [5, 5.41) is 5.89. The molecule has 1 aliphatic rings. The van der Waals surface area contributed by atoms with Crippen molar-refractivity contribution in [2.75, 3.05) is 12.4 Å². The van der Waals surface area contributed by atoms with Crippen molar-refractivity contribution in [2.24, 2.45) is 0 Å². The quantitative estimate of drug-likeness (QED) is 0.784. The number of carbonyl (C=O) groups is 2. The molecular weight excluding hydrogens is 394 g/mol. The van der Waals surface area contributed by atoms with Crippen molar-refractivity contribution in [1.82, 2.24) is 10.2 Å². The number of benzene rings is 2. The molecule has 0 saturated carbocycles. The van der Waals surface area contributed by atoms with Crippen LogP contribution in [0.2, 0.25) is 0 Å². The van der Waals surface area contributed by atoms with Crippen LogP contribution in [0.3, 0.4) is 0 Å². The lowest BCUT2D eigenvalue weighted by Crippen LogP contribution is -2.46. The molecule has 5 nitrogen and oxygen atoms in total. The second kappa shape index (κ2) is 7.33. The smallest absolute Gasteiger partial charge is 0.322 e. The number of urea groups is 1. The highest BCUT2D eigenvalue weighted by Gasteiger charge is 2.34. The van der Waals surface area contributed by atoms with Crippen molar-refractivity contribution in [3.8, 4) is 0 Å². The van der Waals surface area contributed by atoms with E-state index < -0.39 is 6.04 Å². The summed E-state index contributed by atoms with van der Waals surface area (Å²) in [4.78, 5) is 26.8. The molecule has 0 fully saturated rings. The highest BCUT2D eigenvalue weighted by Crippen LogP contribution is 2.31. The SMILES string of the molecule is CC1=C(C(=O)Nc2ccccc2C)C(c2ccc(Br)cc2)NC(=O)N1C. The van der Waals surface area contributed by atoms with Gasteiger partial charge >= 0.3 is 6.03 Å². The minimum absolute atomic E-state index is 0.225. The number of allylic oxidation sites excluding steroid dienone is 1. The van der Waals surface area contributed by atoms with Crippen molar-refractivity contribution in [2.45, 2.75) is 19.9 Å². The minimum atomic E-state index is -0.504. The van der Waals surface area contributed by atoms with Gasteiger partial charge in [-0.2, -0.15) is 0 Å². The molecule has 3 amide bonds. The van der Waals surface area contributed by atoms with Crippen molar-refractivity contribution < 1.29 is 9.59 Å². The Labute approximate surface area is 161 Å². The van der Waals surface area contributed by atoms with Crippen molar-refractivity contribution >= 4 is 33.6 Å². The van der Waals surface area contributed by atoms with Crippen LogP contribution in [0.5, 0.6) is 0 Å². The fraction of sp³-hybridized carbons (Fsp3) is 0.200. The Morgan fingerprint density at radius 1 is 1.12 bits per heavy atom. The molecule has 3 rings (SSSR count). The molecular formula is C20H20BrN3O2. The molecule has 1 atom stereocenters. The van der Waals surface area contributed by atoms with Crippen molar-refractivity contribution in [1.29, 1.82) is 0 Å². The van der Waals surface area contributed by atoms with E-state index in [1.165, 1.54) is 4.90 Å². The van der Waals surface area contributed by atoms with Gasteiger partial charge in [0.25, 0.3) is 5.91 Å². The van der Waals surface area contributed by atoms with Gasteiger partial charge in [-0.05, 0) is 43.2 Å². The predicted octanol–water partition coefficient (Wildman–Crippen LogP) is 4.37. The Morgan fingerprint density at radius 2 is 1.77 bits per heavy atom. The predicted molar refractivity (Wildman–Crippen MR) is 106 cm³/mol. The maximum absolute atomic E-state index is 13.1. The lowest BCUT2D eigenvalue weighted by Gasteiger charge is -2.33. The zero-order valence-corrected chi connectivity index (χ0v) is 16.4. The van der Waals surface area contributed by atoms with E-state index in [2.05, 4.69) is 26.6 Å². The summed E-state index contributed by atoms with van der Waals surface area (Å²) in [6.45, 7) is 3.73. The fourth-order valence-corrected chi connectivity index (χ4v) is 3.20. The Balaban J connectivity index is 2.01. The topological polar surface area (TPSA) is 61.4 Å². The molecule has 0 bridgehead atoms. The summed E-state index contributed by atoms with van der Waals surface area (Å²) in [5.41, 5.74) is 3.74. The van der Waals surface area contributed by atoms with Crippen LogP contribution in [0.4, 0.5) is 10.5 Å². The molecule has 26 heavy (non-hydrogen) atoms. The molecule has 0 spiro atoms. The Morgan fingerprint density at radius 3 is 2.42 bits per heavy atom. The first-order valence-corrected chi connectivity index (χ1v) is 9.05. The number of halogens is 1.